The summed E-state index contributed by atoms with van der Waals surface area (Å²) < 4.78 is 0. The number of nitrogens with one attached hydrogen (secondary N) is 1. The highest BCUT2D eigenvalue weighted by Crippen LogP contribution is 2.26. The summed E-state index contributed by atoms with van der Waals surface area (Å²) >= 11 is 0. The standard InChI is InChI=1S/C11H22N2O2/c1-8(15)12-9-5-10(7-14)13(6-9)11(2,3)4/h9-10,14H,5-7H2,1-4H3,(H,12,15). The Morgan fingerprint density at radius 2 is 2.13 bits per heavy atom. The van der Waals surface area contributed by atoms with Gasteiger partial charge in [0, 0.05) is 31.1 Å². The molecule has 15 heavy (non-hydrogen) atoms. The minimum absolute atomic E-state index is 0.00690. The van der Waals surface area contributed by atoms with Crippen LogP contribution in [0.3, 0.4) is 0 Å². The Kier molecular flexibility index (Phi) is 3.73. The van der Waals surface area contributed by atoms with Crippen LogP contribution in [0.25, 0.3) is 0 Å². The lowest BCUT2D eigenvalue weighted by Gasteiger charge is -2.36. The number of aliphatic hydroxyl groups is 1. The number of carbonyl (C=O) groups is 1. The zero-order valence-corrected chi connectivity index (χ0v) is 10.1. The van der Waals surface area contributed by atoms with Gasteiger partial charge in [0.25, 0.3) is 0 Å². The van der Waals surface area contributed by atoms with Crippen molar-refractivity contribution < 1.29 is 9.90 Å². The highest BCUT2D eigenvalue weighted by molar-refractivity contribution is 5.73. The van der Waals surface area contributed by atoms with E-state index in [1.54, 1.807) is 0 Å². The van der Waals surface area contributed by atoms with Gasteiger partial charge in [0.15, 0.2) is 0 Å². The molecular formula is C11H22N2O2. The van der Waals surface area contributed by atoms with Gasteiger partial charge in [0.1, 0.15) is 0 Å². The molecule has 1 amide bonds. The molecular weight excluding hydrogens is 192 g/mol. The largest absolute Gasteiger partial charge is 0.395 e. The molecule has 2 atom stereocenters. The van der Waals surface area contributed by atoms with Crippen molar-refractivity contribution in [1.29, 1.82) is 0 Å². The molecule has 0 aromatic carbocycles. The molecule has 0 aliphatic carbocycles. The van der Waals surface area contributed by atoms with E-state index >= 15 is 0 Å². The van der Waals surface area contributed by atoms with Crippen LogP contribution in [0.1, 0.15) is 34.1 Å². The normalized spacial score (nSPS) is 28.1. The van der Waals surface area contributed by atoms with Gasteiger partial charge >= 0.3 is 0 Å². The monoisotopic (exact) mass is 214 g/mol. The fraction of sp³-hybridized carbons (Fsp3) is 0.909. The van der Waals surface area contributed by atoms with Gasteiger partial charge in [-0.05, 0) is 27.2 Å². The molecule has 1 aliphatic rings. The molecule has 88 valence electrons. The van der Waals surface area contributed by atoms with Crippen molar-refractivity contribution in [2.45, 2.75) is 51.7 Å². The molecule has 0 radical (unpaired) electrons. The van der Waals surface area contributed by atoms with Crippen molar-refractivity contribution in [2.75, 3.05) is 13.2 Å². The van der Waals surface area contributed by atoms with Crippen molar-refractivity contribution in [3.8, 4) is 0 Å². The number of amides is 1. The molecule has 2 unspecified atom stereocenters. The highest BCUT2D eigenvalue weighted by Gasteiger charge is 2.37. The predicted molar refractivity (Wildman–Crippen MR) is 59.6 cm³/mol. The average Bonchev–Trinajstić information content (AvgIpc) is 2.45. The van der Waals surface area contributed by atoms with Gasteiger partial charge in [0.2, 0.25) is 5.91 Å². The molecule has 0 aromatic rings. The van der Waals surface area contributed by atoms with Gasteiger partial charge in [-0.3, -0.25) is 9.69 Å². The summed E-state index contributed by atoms with van der Waals surface area (Å²) in [5.74, 6) is 0.00690. The van der Waals surface area contributed by atoms with E-state index in [4.69, 9.17) is 0 Å². The van der Waals surface area contributed by atoms with Crippen LogP contribution in [0, 0.1) is 0 Å². The highest BCUT2D eigenvalue weighted by atomic mass is 16.3. The van der Waals surface area contributed by atoms with Gasteiger partial charge in [-0.15, -0.1) is 0 Å². The Hall–Kier alpha value is -0.610. The van der Waals surface area contributed by atoms with E-state index in [2.05, 4.69) is 31.0 Å². The van der Waals surface area contributed by atoms with Crippen LogP contribution < -0.4 is 5.32 Å². The molecule has 1 aliphatic heterocycles. The number of nitrogens with zero attached hydrogens (tertiary/aromatic N) is 1. The average molecular weight is 214 g/mol. The van der Waals surface area contributed by atoms with Crippen molar-refractivity contribution >= 4 is 5.91 Å². The SMILES string of the molecule is CC(=O)NC1CC(CO)N(C(C)(C)C)C1. The first-order valence-electron chi connectivity index (χ1n) is 5.49. The van der Waals surface area contributed by atoms with Crippen LogP contribution in [-0.2, 0) is 4.79 Å². The van der Waals surface area contributed by atoms with Crippen molar-refractivity contribution in [3.05, 3.63) is 0 Å². The second-order valence-electron chi connectivity index (χ2n) is 5.29. The number of hydrogen-bond donors (Lipinski definition) is 2. The maximum Gasteiger partial charge on any atom is 0.217 e. The smallest absolute Gasteiger partial charge is 0.217 e. The first kappa shape index (κ1) is 12.5. The molecule has 1 heterocycles. The minimum Gasteiger partial charge on any atom is -0.395 e. The Balaban J connectivity index is 2.63. The van der Waals surface area contributed by atoms with Crippen LogP contribution in [0.4, 0.5) is 0 Å². The Bertz CT molecular complexity index is 235. The summed E-state index contributed by atoms with van der Waals surface area (Å²) in [4.78, 5) is 13.2. The zero-order valence-electron chi connectivity index (χ0n) is 10.1. The van der Waals surface area contributed by atoms with E-state index in [1.165, 1.54) is 6.92 Å². The molecule has 2 N–H and O–H groups in total. The first-order valence-corrected chi connectivity index (χ1v) is 5.49. The fourth-order valence-electron chi connectivity index (χ4n) is 2.30. The summed E-state index contributed by atoms with van der Waals surface area (Å²) in [6, 6.07) is 0.348. The summed E-state index contributed by atoms with van der Waals surface area (Å²) in [5, 5.41) is 12.2. The van der Waals surface area contributed by atoms with Gasteiger partial charge in [-0.1, -0.05) is 0 Å². The Morgan fingerprint density at radius 3 is 2.47 bits per heavy atom. The number of likely N-dealkylation sites (tertiary alicyclic amines) is 1. The Labute approximate surface area is 91.6 Å². The summed E-state index contributed by atoms with van der Waals surface area (Å²) in [7, 11) is 0. The quantitative estimate of drug-likeness (QED) is 0.697. The summed E-state index contributed by atoms with van der Waals surface area (Å²) in [6.07, 6.45) is 0.841. The van der Waals surface area contributed by atoms with E-state index < -0.39 is 0 Å². The molecule has 1 fully saturated rings. The van der Waals surface area contributed by atoms with Crippen molar-refractivity contribution in [1.82, 2.24) is 10.2 Å². The van der Waals surface area contributed by atoms with Crippen LogP contribution in [0.15, 0.2) is 0 Å². The molecule has 0 spiro atoms. The lowest BCUT2D eigenvalue weighted by Crippen LogP contribution is -2.47. The molecule has 1 saturated heterocycles. The van der Waals surface area contributed by atoms with E-state index in [0.717, 1.165) is 13.0 Å². The first-order chi connectivity index (χ1) is 6.84. The van der Waals surface area contributed by atoms with Gasteiger partial charge in [0.05, 0.1) is 6.61 Å². The van der Waals surface area contributed by atoms with Gasteiger partial charge in [-0.2, -0.15) is 0 Å². The lowest BCUT2D eigenvalue weighted by atomic mass is 10.1. The van der Waals surface area contributed by atoms with E-state index in [1.807, 2.05) is 0 Å². The number of aliphatic hydroxyl groups excluding tert-OH is 1. The molecule has 0 bridgehead atoms. The van der Waals surface area contributed by atoms with Crippen LogP contribution >= 0.6 is 0 Å². The second kappa shape index (κ2) is 4.49. The third-order valence-electron chi connectivity index (χ3n) is 2.89. The van der Waals surface area contributed by atoms with Crippen LogP contribution in [0.5, 0.6) is 0 Å². The van der Waals surface area contributed by atoms with Crippen LogP contribution in [-0.4, -0.2) is 46.7 Å². The zero-order chi connectivity index (χ0) is 11.6. The topological polar surface area (TPSA) is 52.6 Å². The third-order valence-corrected chi connectivity index (χ3v) is 2.89. The molecule has 4 nitrogen and oxygen atoms in total. The van der Waals surface area contributed by atoms with E-state index in [-0.39, 0.29) is 30.1 Å². The third kappa shape index (κ3) is 3.18. The number of rotatable bonds is 2. The lowest BCUT2D eigenvalue weighted by molar-refractivity contribution is -0.119. The van der Waals surface area contributed by atoms with E-state index in [0.29, 0.717) is 0 Å². The fourth-order valence-corrected chi connectivity index (χ4v) is 2.30. The summed E-state index contributed by atoms with van der Waals surface area (Å²) in [5.41, 5.74) is 0.0423. The maximum absolute atomic E-state index is 11.0. The molecule has 1 rings (SSSR count). The van der Waals surface area contributed by atoms with Crippen molar-refractivity contribution in [3.63, 3.8) is 0 Å². The summed E-state index contributed by atoms with van der Waals surface area (Å²) in [6.45, 7) is 8.92. The van der Waals surface area contributed by atoms with Crippen LogP contribution in [0.2, 0.25) is 0 Å². The van der Waals surface area contributed by atoms with Crippen molar-refractivity contribution in [2.24, 2.45) is 0 Å². The second-order valence-corrected chi connectivity index (χ2v) is 5.29. The molecule has 0 saturated carbocycles. The number of hydrogen-bond acceptors (Lipinski definition) is 3. The Morgan fingerprint density at radius 1 is 1.53 bits per heavy atom. The molecule has 4 heteroatoms. The van der Waals surface area contributed by atoms with Gasteiger partial charge < -0.3 is 10.4 Å². The predicted octanol–water partition coefficient (Wildman–Crippen LogP) is 0.356. The minimum atomic E-state index is 0.00690. The van der Waals surface area contributed by atoms with Gasteiger partial charge in [-0.25, -0.2) is 0 Å². The van der Waals surface area contributed by atoms with E-state index in [9.17, 15) is 9.90 Å². The number of carbonyl (C=O) groups excluding carboxylic acids is 1. The maximum atomic E-state index is 11.0. The molecule has 0 aromatic heterocycles.